The number of ether oxygens (including phenoxy) is 9. The van der Waals surface area contributed by atoms with Gasteiger partial charge in [-0.3, -0.25) is 19.2 Å². The fourth-order valence-electron chi connectivity index (χ4n) is 7.02. The summed E-state index contributed by atoms with van der Waals surface area (Å²) < 4.78 is 47.7. The predicted molar refractivity (Wildman–Crippen MR) is 238 cm³/mol. The van der Waals surface area contributed by atoms with Crippen molar-refractivity contribution >= 4 is 41.8 Å². The van der Waals surface area contributed by atoms with Crippen molar-refractivity contribution in [2.45, 2.75) is 78.1 Å². The van der Waals surface area contributed by atoms with Gasteiger partial charge in [0.05, 0.1) is 44.0 Å². The van der Waals surface area contributed by atoms with E-state index in [1.165, 1.54) is 49.6 Å². The van der Waals surface area contributed by atoms with Crippen molar-refractivity contribution in [2.75, 3.05) is 33.5 Å². The molecule has 2 fully saturated rings. The second-order valence-corrected chi connectivity index (χ2v) is 15.2. The highest BCUT2D eigenvalue weighted by molar-refractivity contribution is 5.94. The minimum absolute atomic E-state index is 0.0552. The zero-order chi connectivity index (χ0) is 47.8. The lowest BCUT2D eigenvalue weighted by molar-refractivity contribution is -0.145. The van der Waals surface area contributed by atoms with E-state index in [1.54, 1.807) is 24.3 Å². The van der Waals surface area contributed by atoms with Crippen LogP contribution in [0.1, 0.15) is 88.4 Å². The third-order valence-corrected chi connectivity index (χ3v) is 10.7. The van der Waals surface area contributed by atoms with Gasteiger partial charge < -0.3 is 42.6 Å². The molecule has 2 aliphatic carbocycles. The van der Waals surface area contributed by atoms with E-state index in [2.05, 4.69) is 13.2 Å². The van der Waals surface area contributed by atoms with Gasteiger partial charge in [0.15, 0.2) is 0 Å². The largest absolute Gasteiger partial charge is 0.494 e. The van der Waals surface area contributed by atoms with E-state index in [0.29, 0.717) is 82.3 Å². The Morgan fingerprint density at radius 3 is 1.33 bits per heavy atom. The van der Waals surface area contributed by atoms with E-state index in [0.717, 1.165) is 25.4 Å². The first-order valence-corrected chi connectivity index (χ1v) is 22.0. The van der Waals surface area contributed by atoms with E-state index in [4.69, 9.17) is 42.6 Å². The summed E-state index contributed by atoms with van der Waals surface area (Å²) >= 11 is 0. The van der Waals surface area contributed by atoms with E-state index >= 15 is 0 Å². The van der Waals surface area contributed by atoms with Crippen molar-refractivity contribution in [1.29, 1.82) is 0 Å². The van der Waals surface area contributed by atoms with Gasteiger partial charge in [0, 0.05) is 25.4 Å². The van der Waals surface area contributed by atoms with Crippen molar-refractivity contribution in [3.05, 3.63) is 97.6 Å². The summed E-state index contributed by atoms with van der Waals surface area (Å²) in [5, 5.41) is 0. The Morgan fingerprint density at radius 1 is 0.515 bits per heavy atom. The lowest BCUT2D eigenvalue weighted by Gasteiger charge is -2.26. The van der Waals surface area contributed by atoms with Crippen LogP contribution in [0.15, 0.2) is 92.0 Å². The molecular formula is C50H58O16. The molecule has 16 nitrogen and oxygen atoms in total. The molecular weight excluding hydrogens is 857 g/mol. The number of hydrogen-bond acceptors (Lipinski definition) is 16. The van der Waals surface area contributed by atoms with Crippen molar-refractivity contribution in [3.63, 3.8) is 0 Å². The van der Waals surface area contributed by atoms with Gasteiger partial charge >= 0.3 is 41.8 Å². The molecule has 16 heteroatoms. The van der Waals surface area contributed by atoms with Crippen LogP contribution in [-0.2, 0) is 43.0 Å². The van der Waals surface area contributed by atoms with Gasteiger partial charge in [0.1, 0.15) is 40.1 Å². The minimum atomic E-state index is -0.805. The van der Waals surface area contributed by atoms with Gasteiger partial charge in [0.25, 0.3) is 0 Å². The number of rotatable bonds is 20. The summed E-state index contributed by atoms with van der Waals surface area (Å²) in [6.45, 7) is 13.1. The molecule has 5 rings (SSSR count). The van der Waals surface area contributed by atoms with E-state index in [-0.39, 0.29) is 35.2 Å². The van der Waals surface area contributed by atoms with Gasteiger partial charge in [-0.25, -0.2) is 14.4 Å². The maximum absolute atomic E-state index is 13.2. The molecule has 2 saturated carbocycles. The average Bonchev–Trinajstić information content (AvgIpc) is 3.34. The van der Waals surface area contributed by atoms with E-state index in [9.17, 15) is 33.6 Å². The molecule has 0 aromatic heterocycles. The summed E-state index contributed by atoms with van der Waals surface area (Å²) in [4.78, 5) is 87.3. The first-order chi connectivity index (χ1) is 31.9. The molecule has 3 aromatic rings. The van der Waals surface area contributed by atoms with Crippen LogP contribution in [0.5, 0.6) is 34.5 Å². The number of benzene rings is 3. The van der Waals surface area contributed by atoms with Crippen molar-refractivity contribution < 1.29 is 76.2 Å². The van der Waals surface area contributed by atoms with Crippen LogP contribution >= 0.6 is 0 Å². The molecule has 3 aromatic carbocycles. The Labute approximate surface area is 384 Å². The summed E-state index contributed by atoms with van der Waals surface area (Å²) in [6.07, 6.45) is 6.53. The predicted octanol–water partition coefficient (Wildman–Crippen LogP) is 8.13. The molecule has 0 N–H and O–H groups in total. The van der Waals surface area contributed by atoms with E-state index in [1.807, 2.05) is 13.8 Å². The highest BCUT2D eigenvalue weighted by atomic mass is 16.6. The summed E-state index contributed by atoms with van der Waals surface area (Å²) in [6, 6.07) is 16.7. The molecule has 0 saturated heterocycles. The number of carbonyl (C=O) groups excluding carboxylic acids is 7. The second kappa shape index (κ2) is 27.5. The molecule has 0 atom stereocenters. The number of esters is 7. The molecule has 0 unspecified atom stereocenters. The van der Waals surface area contributed by atoms with Crippen LogP contribution in [0, 0.1) is 23.7 Å². The molecule has 0 radical (unpaired) electrons. The van der Waals surface area contributed by atoms with Crippen LogP contribution in [0.4, 0.5) is 0 Å². The Kier molecular flexibility index (Phi) is 21.6. The van der Waals surface area contributed by atoms with Crippen molar-refractivity contribution in [3.8, 4) is 34.5 Å². The number of methoxy groups -OCH3 is 1. The lowest BCUT2D eigenvalue weighted by Crippen LogP contribution is -2.31. The number of unbranched alkanes of at least 4 members (excludes halogenated alkanes) is 1. The molecule has 0 aliphatic heterocycles. The molecule has 354 valence electrons. The standard InChI is InChI=1S/C46H48O15.C4H10O/c1-4-40(47)56-27-7-6-26-55-33-16-18-35(19-17-33)58-42(49)29-8-10-31(11-9-29)44(51)60-37-24-25-39(38(28-37)46(53)54-3)61-45(52)32-14-12-30(13-15-32)43(50)59-36-22-20-34(21-23-36)57-41(48)5-2;1-3-5-4-2/h4-5,16-25,28-32H,1-2,6-15,26-27H2,3H3;3-4H2,1-2H3. The topological polar surface area (TPSA) is 203 Å². The smallest absolute Gasteiger partial charge is 0.341 e. The summed E-state index contributed by atoms with van der Waals surface area (Å²) in [5.74, 6) is -4.19. The third kappa shape index (κ3) is 17.0. The quantitative estimate of drug-likeness (QED) is 0.0454. The first-order valence-electron chi connectivity index (χ1n) is 22.0. The van der Waals surface area contributed by atoms with Crippen molar-refractivity contribution in [2.24, 2.45) is 23.7 Å². The monoisotopic (exact) mass is 914 g/mol. The maximum atomic E-state index is 13.2. The molecule has 2 aliphatic rings. The summed E-state index contributed by atoms with van der Waals surface area (Å²) in [5.41, 5.74) is -0.113. The van der Waals surface area contributed by atoms with Crippen molar-refractivity contribution in [1.82, 2.24) is 0 Å². The summed E-state index contributed by atoms with van der Waals surface area (Å²) in [7, 11) is 1.17. The highest BCUT2D eigenvalue weighted by Crippen LogP contribution is 2.35. The van der Waals surface area contributed by atoms with E-state index < -0.39 is 65.5 Å². The highest BCUT2D eigenvalue weighted by Gasteiger charge is 2.34. The third-order valence-electron chi connectivity index (χ3n) is 10.7. The Bertz CT molecular complexity index is 2110. The van der Waals surface area contributed by atoms with Gasteiger partial charge in [0.2, 0.25) is 0 Å². The molecule has 0 spiro atoms. The van der Waals surface area contributed by atoms with Crippen LogP contribution in [0.25, 0.3) is 0 Å². The molecule has 0 amide bonds. The maximum Gasteiger partial charge on any atom is 0.341 e. The fraction of sp³-hybridized carbons (Fsp3) is 0.420. The van der Waals surface area contributed by atoms with Crippen LogP contribution in [-0.4, -0.2) is 75.3 Å². The van der Waals surface area contributed by atoms with Crippen LogP contribution in [0.2, 0.25) is 0 Å². The Balaban J connectivity index is 0.00000180. The molecule has 0 heterocycles. The number of carbonyl (C=O) groups is 7. The van der Waals surface area contributed by atoms with Crippen LogP contribution in [0.3, 0.4) is 0 Å². The Morgan fingerprint density at radius 2 is 0.909 bits per heavy atom. The number of hydrogen-bond donors (Lipinski definition) is 0. The van der Waals surface area contributed by atoms with Gasteiger partial charge in [-0.2, -0.15) is 0 Å². The zero-order valence-electron chi connectivity index (χ0n) is 37.7. The normalized spacial score (nSPS) is 17.5. The SMILES string of the molecule is C=CC(=O)OCCCCOc1ccc(OC(=O)C2CCC(C(=O)Oc3ccc(OC(=O)C4CCC(C(=O)Oc5ccc(OC(=O)C=C)cc5)CC4)c(C(=O)OC)c3)CC2)cc1.CCOCC. The minimum Gasteiger partial charge on any atom is -0.494 e. The molecule has 66 heavy (non-hydrogen) atoms. The van der Waals surface area contributed by atoms with Gasteiger partial charge in [-0.1, -0.05) is 13.2 Å². The molecule has 0 bridgehead atoms. The second-order valence-electron chi connectivity index (χ2n) is 15.2. The zero-order valence-corrected chi connectivity index (χ0v) is 37.7. The lowest BCUT2D eigenvalue weighted by atomic mass is 9.82. The average molecular weight is 915 g/mol. The fourth-order valence-corrected chi connectivity index (χ4v) is 7.02. The Hall–Kier alpha value is -6.81. The van der Waals surface area contributed by atoms with Crippen LogP contribution < -0.4 is 28.4 Å². The van der Waals surface area contributed by atoms with Gasteiger partial charge in [-0.15, -0.1) is 0 Å². The van der Waals surface area contributed by atoms with Gasteiger partial charge in [-0.05, 0) is 145 Å². The first kappa shape index (κ1) is 51.8.